The molecule has 1 aliphatic heterocycles. The molecule has 0 spiro atoms. The third-order valence-corrected chi connectivity index (χ3v) is 4.93. The zero-order valence-electron chi connectivity index (χ0n) is 10.8. The largest absolute Gasteiger partial charge is 0.362 e. The Hall–Kier alpha value is -0.970. The Labute approximate surface area is 112 Å². The molecular formula is C13H20N4S. The third-order valence-electron chi connectivity index (χ3n) is 3.82. The minimum absolute atomic E-state index is 0.698. The average Bonchev–Trinajstić information content (AvgIpc) is 2.97. The fourth-order valence-electron chi connectivity index (χ4n) is 2.79. The van der Waals surface area contributed by atoms with Gasteiger partial charge in [0.15, 0.2) is 5.17 Å². The molecule has 1 aromatic rings. The van der Waals surface area contributed by atoms with Crippen molar-refractivity contribution in [3.8, 4) is 0 Å². The van der Waals surface area contributed by atoms with Crippen LogP contribution in [0.3, 0.4) is 0 Å². The molecule has 1 aromatic heterocycles. The fraction of sp³-hybridized carbons (Fsp3) is 0.692. The maximum atomic E-state index is 4.68. The van der Waals surface area contributed by atoms with Crippen LogP contribution in [0, 0.1) is 5.92 Å². The van der Waals surface area contributed by atoms with Crippen LogP contribution in [0.1, 0.15) is 24.8 Å². The summed E-state index contributed by atoms with van der Waals surface area (Å²) in [6, 6.07) is 0.698. The Morgan fingerprint density at radius 3 is 3.33 bits per heavy atom. The van der Waals surface area contributed by atoms with Crippen LogP contribution in [0.15, 0.2) is 17.4 Å². The zero-order chi connectivity index (χ0) is 12.4. The maximum absolute atomic E-state index is 4.68. The number of hydrogen-bond acceptors (Lipinski definition) is 3. The molecule has 2 aliphatic rings. The van der Waals surface area contributed by atoms with E-state index in [0.717, 1.165) is 24.1 Å². The molecule has 2 atom stereocenters. The van der Waals surface area contributed by atoms with Crippen LogP contribution >= 0.6 is 11.8 Å². The number of aliphatic imine (C=N–C) groups is 1. The molecule has 1 aliphatic carbocycles. The molecule has 0 aromatic carbocycles. The van der Waals surface area contributed by atoms with E-state index >= 15 is 0 Å². The number of thioether (sulfide) groups is 1. The molecule has 1 saturated heterocycles. The van der Waals surface area contributed by atoms with E-state index in [1.165, 1.54) is 30.6 Å². The molecule has 2 heterocycles. The first kappa shape index (κ1) is 12.1. The van der Waals surface area contributed by atoms with Gasteiger partial charge in [0.05, 0.1) is 6.20 Å². The van der Waals surface area contributed by atoms with Crippen LogP contribution in [0.2, 0.25) is 0 Å². The molecule has 3 rings (SSSR count). The number of nitrogens with one attached hydrogen (secondary N) is 1. The Morgan fingerprint density at radius 1 is 1.56 bits per heavy atom. The van der Waals surface area contributed by atoms with Gasteiger partial charge in [-0.2, -0.15) is 5.10 Å². The van der Waals surface area contributed by atoms with Crippen molar-refractivity contribution in [2.75, 3.05) is 12.3 Å². The van der Waals surface area contributed by atoms with Gasteiger partial charge < -0.3 is 5.32 Å². The topological polar surface area (TPSA) is 42.2 Å². The molecule has 0 amide bonds. The predicted molar refractivity (Wildman–Crippen MR) is 75.9 cm³/mol. The van der Waals surface area contributed by atoms with Crippen LogP contribution in [0.5, 0.6) is 0 Å². The lowest BCUT2D eigenvalue weighted by Gasteiger charge is -2.28. The van der Waals surface area contributed by atoms with Gasteiger partial charge in [-0.3, -0.25) is 9.67 Å². The van der Waals surface area contributed by atoms with Crippen molar-refractivity contribution >= 4 is 16.9 Å². The van der Waals surface area contributed by atoms with Crippen LogP contribution in [-0.2, 0) is 13.5 Å². The van der Waals surface area contributed by atoms with Gasteiger partial charge in [0.2, 0.25) is 0 Å². The summed E-state index contributed by atoms with van der Waals surface area (Å²) >= 11 is 1.90. The summed E-state index contributed by atoms with van der Waals surface area (Å²) in [6.07, 6.45) is 9.07. The molecule has 98 valence electrons. The number of rotatable bonds is 3. The van der Waals surface area contributed by atoms with Gasteiger partial charge in [-0.05, 0) is 30.7 Å². The maximum Gasteiger partial charge on any atom is 0.156 e. The van der Waals surface area contributed by atoms with Gasteiger partial charge in [-0.15, -0.1) is 0 Å². The number of hydrogen-bond donors (Lipinski definition) is 1. The van der Waals surface area contributed by atoms with Gasteiger partial charge in [0, 0.05) is 31.6 Å². The van der Waals surface area contributed by atoms with Crippen LogP contribution in [0.25, 0.3) is 0 Å². The SMILES string of the molecule is Cn1cc(CCN=C2NC3CCCC3CS2)cn1. The van der Waals surface area contributed by atoms with E-state index in [-0.39, 0.29) is 0 Å². The summed E-state index contributed by atoms with van der Waals surface area (Å²) < 4.78 is 1.85. The number of aromatic nitrogens is 2. The van der Waals surface area contributed by atoms with E-state index in [9.17, 15) is 0 Å². The Bertz CT molecular complexity index is 440. The highest BCUT2D eigenvalue weighted by atomic mass is 32.2. The fourth-order valence-corrected chi connectivity index (χ4v) is 3.98. The Balaban J connectivity index is 1.50. The lowest BCUT2D eigenvalue weighted by Crippen LogP contribution is -2.41. The molecule has 0 radical (unpaired) electrons. The van der Waals surface area contributed by atoms with Crippen molar-refractivity contribution in [3.63, 3.8) is 0 Å². The van der Waals surface area contributed by atoms with E-state index in [0.29, 0.717) is 6.04 Å². The summed E-state index contributed by atoms with van der Waals surface area (Å²) in [5.41, 5.74) is 1.27. The highest BCUT2D eigenvalue weighted by Gasteiger charge is 2.31. The number of aryl methyl sites for hydroxylation is 1. The van der Waals surface area contributed by atoms with E-state index in [4.69, 9.17) is 0 Å². The Morgan fingerprint density at radius 2 is 2.50 bits per heavy atom. The smallest absolute Gasteiger partial charge is 0.156 e. The van der Waals surface area contributed by atoms with E-state index < -0.39 is 0 Å². The summed E-state index contributed by atoms with van der Waals surface area (Å²) in [4.78, 5) is 4.68. The van der Waals surface area contributed by atoms with Crippen LogP contribution < -0.4 is 5.32 Å². The second kappa shape index (κ2) is 5.34. The van der Waals surface area contributed by atoms with Gasteiger partial charge in [-0.25, -0.2) is 0 Å². The summed E-state index contributed by atoms with van der Waals surface area (Å²) in [6.45, 7) is 0.860. The van der Waals surface area contributed by atoms with Gasteiger partial charge >= 0.3 is 0 Å². The number of nitrogens with zero attached hydrogens (tertiary/aromatic N) is 3. The molecule has 2 unspecified atom stereocenters. The normalized spacial score (nSPS) is 29.3. The lowest BCUT2D eigenvalue weighted by atomic mass is 10.1. The van der Waals surface area contributed by atoms with Crippen molar-refractivity contribution in [1.29, 1.82) is 0 Å². The lowest BCUT2D eigenvalue weighted by molar-refractivity contribution is 0.490. The second-order valence-electron chi connectivity index (χ2n) is 5.21. The van der Waals surface area contributed by atoms with E-state index in [1.807, 2.05) is 29.7 Å². The minimum atomic E-state index is 0.698. The Kier molecular flexibility index (Phi) is 3.59. The molecular weight excluding hydrogens is 244 g/mol. The van der Waals surface area contributed by atoms with Gasteiger partial charge in [-0.1, -0.05) is 18.2 Å². The van der Waals surface area contributed by atoms with Crippen molar-refractivity contribution in [1.82, 2.24) is 15.1 Å². The molecule has 1 N–H and O–H groups in total. The van der Waals surface area contributed by atoms with E-state index in [1.54, 1.807) is 0 Å². The monoisotopic (exact) mass is 264 g/mol. The molecule has 0 bridgehead atoms. The zero-order valence-corrected chi connectivity index (χ0v) is 11.6. The first-order chi connectivity index (χ1) is 8.81. The standard InChI is InChI=1S/C13H20N4S/c1-17-8-10(7-15-17)5-6-14-13-16-12-4-2-3-11(12)9-18-13/h7-8,11-12H,2-6,9H2,1H3,(H,14,16). The highest BCUT2D eigenvalue weighted by Crippen LogP contribution is 2.32. The summed E-state index contributed by atoms with van der Waals surface area (Å²) in [7, 11) is 1.95. The first-order valence-electron chi connectivity index (χ1n) is 6.72. The number of fused-ring (bicyclic) bond motifs is 1. The number of amidine groups is 1. The average molecular weight is 264 g/mol. The van der Waals surface area contributed by atoms with E-state index in [2.05, 4.69) is 21.6 Å². The third kappa shape index (κ3) is 2.71. The van der Waals surface area contributed by atoms with Crippen molar-refractivity contribution in [2.24, 2.45) is 18.0 Å². The summed E-state index contributed by atoms with van der Waals surface area (Å²) in [5.74, 6) is 2.14. The molecule has 1 saturated carbocycles. The molecule has 18 heavy (non-hydrogen) atoms. The van der Waals surface area contributed by atoms with Gasteiger partial charge in [0.25, 0.3) is 0 Å². The van der Waals surface area contributed by atoms with Gasteiger partial charge in [0.1, 0.15) is 0 Å². The van der Waals surface area contributed by atoms with Crippen molar-refractivity contribution in [2.45, 2.75) is 31.7 Å². The molecule has 4 nitrogen and oxygen atoms in total. The van der Waals surface area contributed by atoms with Crippen LogP contribution in [0.4, 0.5) is 0 Å². The quantitative estimate of drug-likeness (QED) is 0.905. The predicted octanol–water partition coefficient (Wildman–Crippen LogP) is 1.82. The second-order valence-corrected chi connectivity index (χ2v) is 6.22. The summed E-state index contributed by atoms with van der Waals surface area (Å²) in [5, 5.41) is 8.93. The first-order valence-corrected chi connectivity index (χ1v) is 7.71. The molecule has 2 fully saturated rings. The highest BCUT2D eigenvalue weighted by molar-refractivity contribution is 8.13. The van der Waals surface area contributed by atoms with Crippen molar-refractivity contribution in [3.05, 3.63) is 18.0 Å². The van der Waals surface area contributed by atoms with Crippen molar-refractivity contribution < 1.29 is 0 Å². The van der Waals surface area contributed by atoms with Crippen LogP contribution in [-0.4, -0.2) is 33.3 Å². The minimum Gasteiger partial charge on any atom is -0.362 e. The molecule has 5 heteroatoms.